The average molecular weight is 250 g/mol. The van der Waals surface area contributed by atoms with Gasteiger partial charge in [0, 0.05) is 18.6 Å². The lowest BCUT2D eigenvalue weighted by Gasteiger charge is -2.37. The normalized spacial score (nSPS) is 11.9. The maximum Gasteiger partial charge on any atom is 0.118 e. The first kappa shape index (κ1) is 15.0. The van der Waals surface area contributed by atoms with E-state index in [9.17, 15) is 0 Å². The van der Waals surface area contributed by atoms with Crippen LogP contribution in [0, 0.1) is 0 Å². The van der Waals surface area contributed by atoms with Crippen LogP contribution >= 0.6 is 0 Å². The number of hydrogen-bond acceptors (Lipinski definition) is 3. The summed E-state index contributed by atoms with van der Waals surface area (Å²) in [5, 5.41) is 0. The fraction of sp³-hybridized carbons (Fsp3) is 0.600. The Kier molecular flexibility index (Phi) is 5.63. The first-order valence-electron chi connectivity index (χ1n) is 6.61. The summed E-state index contributed by atoms with van der Waals surface area (Å²) in [6.07, 6.45) is 1.14. The molecule has 0 aliphatic rings. The zero-order valence-corrected chi connectivity index (χ0v) is 12.1. The second kappa shape index (κ2) is 6.76. The Hall–Kier alpha value is -1.06. The first-order valence-corrected chi connectivity index (χ1v) is 6.61. The second-order valence-corrected chi connectivity index (χ2v) is 5.29. The molecular weight excluding hydrogens is 224 g/mol. The molecule has 0 aliphatic heterocycles. The average Bonchev–Trinajstić information content (AvgIpc) is 2.39. The molecule has 0 spiro atoms. The number of hydrogen-bond donors (Lipinski definition) is 1. The van der Waals surface area contributed by atoms with Crippen LogP contribution in [0.3, 0.4) is 0 Å². The van der Waals surface area contributed by atoms with Crippen molar-refractivity contribution in [2.45, 2.75) is 39.3 Å². The number of ether oxygens (including phenoxy) is 1. The number of nitrogens with two attached hydrogens (primary N) is 1. The van der Waals surface area contributed by atoms with Gasteiger partial charge in [-0.05, 0) is 44.5 Å². The predicted octanol–water partition coefficient (Wildman–Crippen LogP) is 2.64. The minimum Gasteiger partial charge on any atom is -0.497 e. The Morgan fingerprint density at radius 3 is 2.28 bits per heavy atom. The van der Waals surface area contributed by atoms with E-state index in [1.807, 2.05) is 12.1 Å². The van der Waals surface area contributed by atoms with E-state index in [1.165, 1.54) is 5.56 Å². The summed E-state index contributed by atoms with van der Waals surface area (Å²) in [4.78, 5) is 2.44. The van der Waals surface area contributed by atoms with Gasteiger partial charge in [-0.2, -0.15) is 0 Å². The van der Waals surface area contributed by atoms with Crippen molar-refractivity contribution < 1.29 is 4.74 Å². The van der Waals surface area contributed by atoms with Crippen LogP contribution < -0.4 is 10.5 Å². The Morgan fingerprint density at radius 1 is 1.22 bits per heavy atom. The predicted molar refractivity (Wildman–Crippen MR) is 76.8 cm³/mol. The maximum absolute atomic E-state index is 5.88. The van der Waals surface area contributed by atoms with Crippen LogP contribution in [-0.4, -0.2) is 30.6 Å². The van der Waals surface area contributed by atoms with Crippen LogP contribution in [0.5, 0.6) is 5.75 Å². The lowest BCUT2D eigenvalue weighted by atomic mass is 10.0. The summed E-state index contributed by atoms with van der Waals surface area (Å²) in [6, 6.07) is 8.26. The molecule has 3 heteroatoms. The van der Waals surface area contributed by atoms with Crippen LogP contribution in [0.4, 0.5) is 0 Å². The van der Waals surface area contributed by atoms with Crippen LogP contribution in [0.2, 0.25) is 0 Å². The van der Waals surface area contributed by atoms with Gasteiger partial charge in [-0.15, -0.1) is 0 Å². The van der Waals surface area contributed by atoms with Gasteiger partial charge in [0.15, 0.2) is 0 Å². The number of nitrogens with zero attached hydrogens (tertiary/aromatic N) is 1. The van der Waals surface area contributed by atoms with E-state index in [4.69, 9.17) is 10.5 Å². The van der Waals surface area contributed by atoms with Crippen molar-refractivity contribution in [3.8, 4) is 5.75 Å². The minimum absolute atomic E-state index is 0.0376. The van der Waals surface area contributed by atoms with Gasteiger partial charge in [-0.1, -0.05) is 19.1 Å². The molecule has 0 saturated carbocycles. The highest BCUT2D eigenvalue weighted by Crippen LogP contribution is 2.19. The molecule has 1 aromatic carbocycles. The molecule has 18 heavy (non-hydrogen) atoms. The van der Waals surface area contributed by atoms with Gasteiger partial charge in [-0.25, -0.2) is 0 Å². The molecule has 1 aromatic rings. The standard InChI is InChI=1S/C15H26N2O/c1-5-10-17(15(2,3)12-16)11-13-6-8-14(18-4)9-7-13/h6-9H,5,10-12,16H2,1-4H3. The van der Waals surface area contributed by atoms with E-state index < -0.39 is 0 Å². The van der Waals surface area contributed by atoms with Gasteiger partial charge in [0.05, 0.1) is 7.11 Å². The minimum atomic E-state index is 0.0376. The first-order chi connectivity index (χ1) is 8.53. The Labute approximate surface area is 111 Å². The van der Waals surface area contributed by atoms with Crippen LogP contribution in [0.15, 0.2) is 24.3 Å². The second-order valence-electron chi connectivity index (χ2n) is 5.29. The Balaban J connectivity index is 2.76. The summed E-state index contributed by atoms with van der Waals surface area (Å²) >= 11 is 0. The lowest BCUT2D eigenvalue weighted by molar-refractivity contribution is 0.118. The van der Waals surface area contributed by atoms with Crippen molar-refractivity contribution in [2.24, 2.45) is 5.73 Å². The summed E-state index contributed by atoms with van der Waals surface area (Å²) in [5.41, 5.74) is 7.21. The molecule has 0 fully saturated rings. The van der Waals surface area contributed by atoms with Gasteiger partial charge >= 0.3 is 0 Å². The van der Waals surface area contributed by atoms with Crippen LogP contribution in [0.25, 0.3) is 0 Å². The number of methoxy groups -OCH3 is 1. The highest BCUT2D eigenvalue weighted by atomic mass is 16.5. The van der Waals surface area contributed by atoms with E-state index in [-0.39, 0.29) is 5.54 Å². The van der Waals surface area contributed by atoms with Crippen molar-refractivity contribution in [1.29, 1.82) is 0 Å². The van der Waals surface area contributed by atoms with Crippen molar-refractivity contribution in [3.05, 3.63) is 29.8 Å². The van der Waals surface area contributed by atoms with Gasteiger partial charge in [0.2, 0.25) is 0 Å². The lowest BCUT2D eigenvalue weighted by Crippen LogP contribution is -2.49. The van der Waals surface area contributed by atoms with E-state index >= 15 is 0 Å². The third kappa shape index (κ3) is 4.00. The third-order valence-corrected chi connectivity index (χ3v) is 3.38. The highest BCUT2D eigenvalue weighted by Gasteiger charge is 2.24. The van der Waals surface area contributed by atoms with E-state index in [0.717, 1.165) is 25.3 Å². The summed E-state index contributed by atoms with van der Waals surface area (Å²) in [5.74, 6) is 0.902. The zero-order valence-electron chi connectivity index (χ0n) is 12.1. The fourth-order valence-electron chi connectivity index (χ4n) is 1.95. The fourth-order valence-corrected chi connectivity index (χ4v) is 1.95. The summed E-state index contributed by atoms with van der Waals surface area (Å²) in [7, 11) is 1.69. The van der Waals surface area contributed by atoms with Gasteiger partial charge in [0.1, 0.15) is 5.75 Å². The number of benzene rings is 1. The quantitative estimate of drug-likeness (QED) is 0.808. The van der Waals surface area contributed by atoms with Crippen LogP contribution in [0.1, 0.15) is 32.8 Å². The molecule has 102 valence electrons. The summed E-state index contributed by atoms with van der Waals surface area (Å²) < 4.78 is 5.18. The molecule has 0 aromatic heterocycles. The van der Waals surface area contributed by atoms with Crippen molar-refractivity contribution in [2.75, 3.05) is 20.2 Å². The van der Waals surface area contributed by atoms with Gasteiger partial charge in [0.25, 0.3) is 0 Å². The molecule has 0 bridgehead atoms. The van der Waals surface area contributed by atoms with E-state index in [1.54, 1.807) is 7.11 Å². The highest BCUT2D eigenvalue weighted by molar-refractivity contribution is 5.27. The molecule has 0 amide bonds. The molecule has 1 rings (SSSR count). The molecule has 3 nitrogen and oxygen atoms in total. The SMILES string of the molecule is CCCN(Cc1ccc(OC)cc1)C(C)(C)CN. The molecule has 0 atom stereocenters. The molecular formula is C15H26N2O. The Morgan fingerprint density at radius 2 is 1.83 bits per heavy atom. The van der Waals surface area contributed by atoms with Crippen LogP contribution in [-0.2, 0) is 6.54 Å². The smallest absolute Gasteiger partial charge is 0.118 e. The number of rotatable bonds is 7. The van der Waals surface area contributed by atoms with E-state index in [2.05, 4.69) is 37.8 Å². The third-order valence-electron chi connectivity index (χ3n) is 3.38. The Bertz CT molecular complexity index is 346. The molecule has 0 heterocycles. The molecule has 2 N–H and O–H groups in total. The van der Waals surface area contributed by atoms with Crippen molar-refractivity contribution in [3.63, 3.8) is 0 Å². The maximum atomic E-state index is 5.88. The van der Waals surface area contributed by atoms with E-state index in [0.29, 0.717) is 6.54 Å². The topological polar surface area (TPSA) is 38.5 Å². The molecule has 0 unspecified atom stereocenters. The molecule has 0 aliphatic carbocycles. The monoisotopic (exact) mass is 250 g/mol. The van der Waals surface area contributed by atoms with Gasteiger partial charge < -0.3 is 10.5 Å². The van der Waals surface area contributed by atoms with Gasteiger partial charge in [-0.3, -0.25) is 4.90 Å². The van der Waals surface area contributed by atoms with Crippen molar-refractivity contribution in [1.82, 2.24) is 4.90 Å². The summed E-state index contributed by atoms with van der Waals surface area (Å²) in [6.45, 7) is 9.27. The zero-order chi connectivity index (χ0) is 13.6. The largest absolute Gasteiger partial charge is 0.497 e. The molecule has 0 radical (unpaired) electrons. The van der Waals surface area contributed by atoms with Crippen molar-refractivity contribution >= 4 is 0 Å². The molecule has 0 saturated heterocycles.